The Hall–Kier alpha value is -3.20. The summed E-state index contributed by atoms with van der Waals surface area (Å²) in [6.45, 7) is 5.61. The number of amides is 3. The molecule has 1 aromatic heterocycles. The third-order valence-corrected chi connectivity index (χ3v) is 5.76. The summed E-state index contributed by atoms with van der Waals surface area (Å²) in [7, 11) is 0. The molecule has 2 heterocycles. The van der Waals surface area contributed by atoms with E-state index in [1.54, 1.807) is 6.07 Å². The maximum Gasteiger partial charge on any atom is 0.268 e. The lowest BCUT2D eigenvalue weighted by molar-refractivity contribution is -0.131. The van der Waals surface area contributed by atoms with Crippen LogP contribution in [0.1, 0.15) is 50.5 Å². The van der Waals surface area contributed by atoms with Crippen molar-refractivity contribution in [2.45, 2.75) is 52.1 Å². The van der Waals surface area contributed by atoms with Gasteiger partial charge in [0, 0.05) is 23.4 Å². The van der Waals surface area contributed by atoms with Gasteiger partial charge in [-0.05, 0) is 36.8 Å². The smallest absolute Gasteiger partial charge is 0.268 e. The highest BCUT2D eigenvalue weighted by atomic mass is 16.3. The molecular weight excluding hydrogens is 424 g/mol. The van der Waals surface area contributed by atoms with E-state index in [0.29, 0.717) is 25.1 Å². The number of benzene rings is 1. The number of aromatic nitrogens is 1. The summed E-state index contributed by atoms with van der Waals surface area (Å²) in [5.74, 6) is -2.11. The zero-order valence-electron chi connectivity index (χ0n) is 19.2. The molecule has 33 heavy (non-hydrogen) atoms. The second-order valence-corrected chi connectivity index (χ2v) is 9.76. The van der Waals surface area contributed by atoms with Crippen LogP contribution in [-0.4, -0.2) is 58.8 Å². The quantitative estimate of drug-likeness (QED) is 0.387. The van der Waals surface area contributed by atoms with Gasteiger partial charge < -0.3 is 26.0 Å². The van der Waals surface area contributed by atoms with Gasteiger partial charge >= 0.3 is 0 Å². The first-order valence-corrected chi connectivity index (χ1v) is 11.2. The number of nitrogens with one attached hydrogen (secondary N) is 4. The third kappa shape index (κ3) is 6.41. The lowest BCUT2D eigenvalue weighted by atomic mass is 9.87. The molecule has 0 spiro atoms. The maximum atomic E-state index is 13.2. The van der Waals surface area contributed by atoms with Crippen LogP contribution in [0.15, 0.2) is 30.3 Å². The Bertz CT molecular complexity index is 1010. The Labute approximate surface area is 192 Å². The van der Waals surface area contributed by atoms with Crippen LogP contribution in [0.4, 0.5) is 0 Å². The molecule has 3 rings (SSSR count). The van der Waals surface area contributed by atoms with Gasteiger partial charge in [0.25, 0.3) is 5.91 Å². The first-order valence-electron chi connectivity index (χ1n) is 11.2. The molecule has 1 unspecified atom stereocenters. The third-order valence-electron chi connectivity index (χ3n) is 5.76. The van der Waals surface area contributed by atoms with E-state index in [0.717, 1.165) is 10.9 Å². The second kappa shape index (κ2) is 10.2. The fourth-order valence-electron chi connectivity index (χ4n) is 4.06. The van der Waals surface area contributed by atoms with Gasteiger partial charge in [0.2, 0.25) is 11.8 Å². The fourth-order valence-corrected chi connectivity index (χ4v) is 4.06. The van der Waals surface area contributed by atoms with Crippen LogP contribution in [0.2, 0.25) is 0 Å². The van der Waals surface area contributed by atoms with Crippen molar-refractivity contribution >= 4 is 34.4 Å². The number of aromatic amines is 1. The van der Waals surface area contributed by atoms with E-state index in [9.17, 15) is 24.3 Å². The van der Waals surface area contributed by atoms with Crippen LogP contribution < -0.4 is 16.0 Å². The number of hydrogen-bond acceptors (Lipinski definition) is 5. The molecule has 2 aromatic rings. The first-order chi connectivity index (χ1) is 15.6. The van der Waals surface area contributed by atoms with Gasteiger partial charge in [-0.1, -0.05) is 39.0 Å². The molecule has 1 aliphatic rings. The summed E-state index contributed by atoms with van der Waals surface area (Å²) in [5.41, 5.74) is 0.842. The summed E-state index contributed by atoms with van der Waals surface area (Å²) < 4.78 is 0. The minimum Gasteiger partial charge on any atom is -0.389 e. The van der Waals surface area contributed by atoms with E-state index in [4.69, 9.17) is 0 Å². The molecule has 3 atom stereocenters. The van der Waals surface area contributed by atoms with E-state index in [1.807, 2.05) is 45.0 Å². The van der Waals surface area contributed by atoms with Gasteiger partial charge in [-0.2, -0.15) is 0 Å². The summed E-state index contributed by atoms with van der Waals surface area (Å²) in [5, 5.41) is 18.4. The van der Waals surface area contributed by atoms with Crippen molar-refractivity contribution in [1.29, 1.82) is 0 Å². The molecule has 0 bridgehead atoms. The predicted molar refractivity (Wildman–Crippen MR) is 123 cm³/mol. The van der Waals surface area contributed by atoms with Gasteiger partial charge in [0.1, 0.15) is 18.3 Å². The van der Waals surface area contributed by atoms with Crippen molar-refractivity contribution in [2.24, 2.45) is 11.3 Å². The van der Waals surface area contributed by atoms with Gasteiger partial charge in [-0.15, -0.1) is 0 Å². The molecule has 1 saturated heterocycles. The van der Waals surface area contributed by atoms with Crippen LogP contribution in [0.3, 0.4) is 0 Å². The van der Waals surface area contributed by atoms with Gasteiger partial charge in [0.05, 0.1) is 6.04 Å². The van der Waals surface area contributed by atoms with Gasteiger partial charge in [0.15, 0.2) is 5.78 Å². The van der Waals surface area contributed by atoms with Crippen LogP contribution in [-0.2, 0) is 14.4 Å². The van der Waals surface area contributed by atoms with Crippen molar-refractivity contribution in [3.05, 3.63) is 36.0 Å². The lowest BCUT2D eigenvalue weighted by Gasteiger charge is -2.28. The Morgan fingerprint density at radius 1 is 1.15 bits per heavy atom. The number of ketones is 1. The van der Waals surface area contributed by atoms with E-state index < -0.39 is 42.2 Å². The Balaban J connectivity index is 1.76. The van der Waals surface area contributed by atoms with E-state index >= 15 is 0 Å². The number of aliphatic hydroxyl groups is 1. The SMILES string of the molecule is CC(C)(C)C[C@H](NC(=O)c1cc2ccccc2[nH]1)C(=O)NC(C[C@@H]1CCNC1=O)C(=O)CO. The highest BCUT2D eigenvalue weighted by Crippen LogP contribution is 2.23. The lowest BCUT2D eigenvalue weighted by Crippen LogP contribution is -2.53. The van der Waals surface area contributed by atoms with E-state index in [2.05, 4.69) is 20.9 Å². The average molecular weight is 457 g/mol. The number of rotatable bonds is 9. The number of hydrogen-bond donors (Lipinski definition) is 5. The molecule has 178 valence electrons. The minimum absolute atomic E-state index is 0.106. The van der Waals surface area contributed by atoms with Gasteiger partial charge in [-0.3, -0.25) is 19.2 Å². The molecule has 3 amide bonds. The Morgan fingerprint density at radius 2 is 1.88 bits per heavy atom. The molecule has 1 aromatic carbocycles. The monoisotopic (exact) mass is 456 g/mol. The molecule has 1 aliphatic heterocycles. The number of fused-ring (bicyclic) bond motifs is 1. The maximum absolute atomic E-state index is 13.2. The molecule has 0 aliphatic carbocycles. The molecule has 5 N–H and O–H groups in total. The molecule has 0 saturated carbocycles. The van der Waals surface area contributed by atoms with Crippen LogP contribution in [0.5, 0.6) is 0 Å². The molecule has 0 radical (unpaired) electrons. The fraction of sp³-hybridized carbons (Fsp3) is 0.500. The summed E-state index contributed by atoms with van der Waals surface area (Å²) in [6, 6.07) is 7.27. The highest BCUT2D eigenvalue weighted by Gasteiger charge is 2.34. The molecule has 1 fully saturated rings. The number of carbonyl (C=O) groups is 4. The van der Waals surface area contributed by atoms with Gasteiger partial charge in [-0.25, -0.2) is 0 Å². The summed E-state index contributed by atoms with van der Waals surface area (Å²) >= 11 is 0. The van der Waals surface area contributed by atoms with Crippen molar-refractivity contribution < 1.29 is 24.3 Å². The molecule has 9 heteroatoms. The predicted octanol–water partition coefficient (Wildman–Crippen LogP) is 1.27. The van der Waals surface area contributed by atoms with Crippen LogP contribution in [0, 0.1) is 11.3 Å². The van der Waals surface area contributed by atoms with E-state index in [-0.39, 0.29) is 17.7 Å². The molecule has 9 nitrogen and oxygen atoms in total. The van der Waals surface area contributed by atoms with Crippen molar-refractivity contribution in [2.75, 3.05) is 13.2 Å². The largest absolute Gasteiger partial charge is 0.389 e. The van der Waals surface area contributed by atoms with Crippen LogP contribution in [0.25, 0.3) is 10.9 Å². The zero-order chi connectivity index (χ0) is 24.2. The standard InChI is InChI=1S/C24H32N4O5/c1-24(2,3)12-19(28-22(32)18-10-14-6-4-5-7-16(14)26-18)23(33)27-17(20(30)13-29)11-15-8-9-25-21(15)31/h4-7,10,15,17,19,26,29H,8-9,11-13H2,1-3H3,(H,25,31)(H,27,33)(H,28,32)/t15-,17?,19-/m0/s1. The van der Waals surface area contributed by atoms with Crippen LogP contribution >= 0.6 is 0 Å². The minimum atomic E-state index is -1.01. The summed E-state index contributed by atoms with van der Waals surface area (Å²) in [6.07, 6.45) is 0.996. The van der Waals surface area contributed by atoms with E-state index in [1.165, 1.54) is 0 Å². The Morgan fingerprint density at radius 3 is 2.48 bits per heavy atom. The second-order valence-electron chi connectivity index (χ2n) is 9.76. The van der Waals surface area contributed by atoms with Crippen molar-refractivity contribution in [1.82, 2.24) is 20.9 Å². The van der Waals surface area contributed by atoms with Crippen molar-refractivity contribution in [3.8, 4) is 0 Å². The topological polar surface area (TPSA) is 140 Å². The normalized spacial score (nSPS) is 17.9. The first kappa shape index (κ1) is 24.4. The number of H-pyrrole nitrogens is 1. The average Bonchev–Trinajstić information content (AvgIpc) is 3.37. The number of Topliss-reactive ketones (excluding diaryl/α,β-unsaturated/α-hetero) is 1. The Kier molecular flexibility index (Phi) is 7.53. The summed E-state index contributed by atoms with van der Waals surface area (Å²) in [4.78, 5) is 53.4. The number of carbonyl (C=O) groups excluding carboxylic acids is 4. The zero-order valence-corrected chi connectivity index (χ0v) is 19.2. The van der Waals surface area contributed by atoms with Crippen molar-refractivity contribution in [3.63, 3.8) is 0 Å². The highest BCUT2D eigenvalue weighted by molar-refractivity contribution is 6.00. The molecular formula is C24H32N4O5. The number of aliphatic hydroxyl groups excluding tert-OH is 1. The number of para-hydroxylation sites is 1.